The molecule has 3 nitrogen and oxygen atoms in total. The fourth-order valence-electron chi connectivity index (χ4n) is 2.92. The van der Waals surface area contributed by atoms with Gasteiger partial charge in [-0.25, -0.2) is 0 Å². The summed E-state index contributed by atoms with van der Waals surface area (Å²) in [5.41, 5.74) is 1.34. The maximum absolute atomic E-state index is 12.9. The van der Waals surface area contributed by atoms with Crippen LogP contribution in [0.5, 0.6) is 5.75 Å². The van der Waals surface area contributed by atoms with Crippen LogP contribution < -0.4 is 10.2 Å². The average molecular weight is 336 g/mol. The van der Waals surface area contributed by atoms with Crippen molar-refractivity contribution in [1.82, 2.24) is 0 Å². The third kappa shape index (κ3) is 4.11. The molecule has 0 N–H and O–H groups in total. The van der Waals surface area contributed by atoms with E-state index < -0.39 is 0 Å². The zero-order valence-electron chi connectivity index (χ0n) is 14.7. The van der Waals surface area contributed by atoms with Crippen molar-refractivity contribution in [2.24, 2.45) is 0 Å². The first-order chi connectivity index (χ1) is 12.3. The number of fused-ring (bicyclic) bond motifs is 1. The van der Waals surface area contributed by atoms with Gasteiger partial charge in [0.25, 0.3) is 0 Å². The van der Waals surface area contributed by atoms with Gasteiger partial charge < -0.3 is 9.15 Å². The van der Waals surface area contributed by atoms with E-state index in [4.69, 9.17) is 9.15 Å². The first kappa shape index (κ1) is 17.3. The molecule has 0 atom stereocenters. The van der Waals surface area contributed by atoms with Crippen molar-refractivity contribution in [3.8, 4) is 17.1 Å². The summed E-state index contributed by atoms with van der Waals surface area (Å²) in [6, 6.07) is 17.0. The van der Waals surface area contributed by atoms with Crippen molar-refractivity contribution in [2.75, 3.05) is 6.61 Å². The van der Waals surface area contributed by atoms with Crippen LogP contribution in [0.4, 0.5) is 0 Å². The minimum atomic E-state index is -0.103. The summed E-state index contributed by atoms with van der Waals surface area (Å²) in [7, 11) is 0. The quantitative estimate of drug-likeness (QED) is 0.487. The van der Waals surface area contributed by atoms with Crippen LogP contribution in [-0.2, 0) is 0 Å². The lowest BCUT2D eigenvalue weighted by Gasteiger charge is -2.11. The van der Waals surface area contributed by atoms with E-state index in [0.29, 0.717) is 29.1 Å². The Hall–Kier alpha value is -2.55. The summed E-state index contributed by atoms with van der Waals surface area (Å²) < 4.78 is 11.9. The molecular weight excluding hydrogens is 312 g/mol. The van der Waals surface area contributed by atoms with Gasteiger partial charge in [-0.05, 0) is 18.6 Å². The Balaban J connectivity index is 1.91. The number of unbranched alkanes of at least 4 members (excludes halogenated alkanes) is 4. The summed E-state index contributed by atoms with van der Waals surface area (Å²) in [4.78, 5) is 12.9. The van der Waals surface area contributed by atoms with Gasteiger partial charge in [0.15, 0.2) is 5.76 Å². The number of rotatable bonds is 8. The highest BCUT2D eigenvalue weighted by Gasteiger charge is 2.17. The van der Waals surface area contributed by atoms with Gasteiger partial charge in [-0.1, -0.05) is 75.1 Å². The van der Waals surface area contributed by atoms with Crippen molar-refractivity contribution in [3.05, 3.63) is 64.8 Å². The van der Waals surface area contributed by atoms with Gasteiger partial charge in [0.2, 0.25) is 11.2 Å². The van der Waals surface area contributed by atoms with E-state index in [0.717, 1.165) is 18.4 Å². The SMILES string of the molecule is CCCCCCCOc1c(-c2ccccc2)oc2ccccc2c1=O. The van der Waals surface area contributed by atoms with Crippen molar-refractivity contribution in [2.45, 2.75) is 39.0 Å². The summed E-state index contributed by atoms with van der Waals surface area (Å²) in [6.07, 6.45) is 5.73. The predicted octanol–water partition coefficient (Wildman–Crippen LogP) is 5.81. The lowest BCUT2D eigenvalue weighted by atomic mass is 10.1. The molecule has 3 rings (SSSR count). The molecule has 0 aliphatic rings. The molecule has 3 aromatic rings. The van der Waals surface area contributed by atoms with Crippen LogP contribution in [0.25, 0.3) is 22.3 Å². The van der Waals surface area contributed by atoms with Gasteiger partial charge in [0.05, 0.1) is 12.0 Å². The van der Waals surface area contributed by atoms with Crippen molar-refractivity contribution in [3.63, 3.8) is 0 Å². The number of hydrogen-bond acceptors (Lipinski definition) is 3. The molecule has 0 aliphatic heterocycles. The van der Waals surface area contributed by atoms with E-state index in [1.807, 2.05) is 48.5 Å². The molecule has 0 saturated heterocycles. The lowest BCUT2D eigenvalue weighted by molar-refractivity contribution is 0.297. The van der Waals surface area contributed by atoms with Gasteiger partial charge in [-0.2, -0.15) is 0 Å². The Labute approximate surface area is 148 Å². The maximum atomic E-state index is 12.9. The molecule has 0 amide bonds. The molecule has 0 saturated carbocycles. The molecule has 0 aliphatic carbocycles. The first-order valence-corrected chi connectivity index (χ1v) is 9.05. The molecule has 0 fully saturated rings. The molecule has 2 aromatic carbocycles. The van der Waals surface area contributed by atoms with Crippen LogP contribution in [0.1, 0.15) is 39.0 Å². The minimum Gasteiger partial charge on any atom is -0.486 e. The van der Waals surface area contributed by atoms with Crippen molar-refractivity contribution < 1.29 is 9.15 Å². The molecule has 0 radical (unpaired) electrons. The van der Waals surface area contributed by atoms with Gasteiger partial charge >= 0.3 is 0 Å². The zero-order valence-corrected chi connectivity index (χ0v) is 14.7. The summed E-state index contributed by atoms with van der Waals surface area (Å²) >= 11 is 0. The minimum absolute atomic E-state index is 0.103. The van der Waals surface area contributed by atoms with Crippen LogP contribution in [0, 0.1) is 0 Å². The van der Waals surface area contributed by atoms with E-state index in [9.17, 15) is 4.79 Å². The third-order valence-corrected chi connectivity index (χ3v) is 4.29. The average Bonchev–Trinajstić information content (AvgIpc) is 2.66. The van der Waals surface area contributed by atoms with Crippen LogP contribution in [0.3, 0.4) is 0 Å². The predicted molar refractivity (Wildman–Crippen MR) is 102 cm³/mol. The zero-order chi connectivity index (χ0) is 17.5. The number of para-hydroxylation sites is 1. The van der Waals surface area contributed by atoms with Crippen molar-refractivity contribution in [1.29, 1.82) is 0 Å². The van der Waals surface area contributed by atoms with E-state index in [2.05, 4.69) is 6.92 Å². The molecule has 25 heavy (non-hydrogen) atoms. The van der Waals surface area contributed by atoms with Gasteiger partial charge in [-0.3, -0.25) is 4.79 Å². The van der Waals surface area contributed by atoms with Gasteiger partial charge in [0.1, 0.15) is 5.58 Å². The number of benzene rings is 2. The molecule has 3 heteroatoms. The highest BCUT2D eigenvalue weighted by Crippen LogP contribution is 2.30. The second-order valence-electron chi connectivity index (χ2n) is 6.21. The highest BCUT2D eigenvalue weighted by molar-refractivity contribution is 5.81. The summed E-state index contributed by atoms with van der Waals surface area (Å²) in [5, 5.41) is 0.558. The van der Waals surface area contributed by atoms with E-state index in [-0.39, 0.29) is 5.43 Å². The van der Waals surface area contributed by atoms with Crippen LogP contribution in [0.15, 0.2) is 63.8 Å². The lowest BCUT2D eigenvalue weighted by Crippen LogP contribution is -2.11. The monoisotopic (exact) mass is 336 g/mol. The Morgan fingerprint density at radius 3 is 2.40 bits per heavy atom. The Kier molecular flexibility index (Phi) is 5.89. The molecule has 0 bridgehead atoms. The molecule has 0 unspecified atom stereocenters. The molecule has 1 heterocycles. The van der Waals surface area contributed by atoms with E-state index >= 15 is 0 Å². The van der Waals surface area contributed by atoms with Crippen molar-refractivity contribution >= 4 is 11.0 Å². The number of ether oxygens (including phenoxy) is 1. The molecule has 130 valence electrons. The van der Waals surface area contributed by atoms with Crippen LogP contribution in [0.2, 0.25) is 0 Å². The Morgan fingerprint density at radius 2 is 1.60 bits per heavy atom. The first-order valence-electron chi connectivity index (χ1n) is 9.05. The van der Waals surface area contributed by atoms with Crippen LogP contribution >= 0.6 is 0 Å². The smallest absolute Gasteiger partial charge is 0.235 e. The Bertz CT molecular complexity index is 865. The second kappa shape index (κ2) is 8.52. The van der Waals surface area contributed by atoms with E-state index in [1.165, 1.54) is 19.3 Å². The number of hydrogen-bond donors (Lipinski definition) is 0. The van der Waals surface area contributed by atoms with E-state index in [1.54, 1.807) is 6.07 Å². The molecule has 1 aromatic heterocycles. The maximum Gasteiger partial charge on any atom is 0.235 e. The third-order valence-electron chi connectivity index (χ3n) is 4.29. The highest BCUT2D eigenvalue weighted by atomic mass is 16.5. The fourth-order valence-corrected chi connectivity index (χ4v) is 2.92. The second-order valence-corrected chi connectivity index (χ2v) is 6.21. The molecule has 0 spiro atoms. The van der Waals surface area contributed by atoms with Gasteiger partial charge in [-0.15, -0.1) is 0 Å². The Morgan fingerprint density at radius 1 is 0.880 bits per heavy atom. The molecular formula is C22H24O3. The fraction of sp³-hybridized carbons (Fsp3) is 0.318. The largest absolute Gasteiger partial charge is 0.486 e. The topological polar surface area (TPSA) is 39.4 Å². The summed E-state index contributed by atoms with van der Waals surface area (Å²) in [5.74, 6) is 0.832. The van der Waals surface area contributed by atoms with Crippen LogP contribution in [-0.4, -0.2) is 6.61 Å². The van der Waals surface area contributed by atoms with Gasteiger partial charge in [0, 0.05) is 5.56 Å². The summed E-state index contributed by atoms with van der Waals surface area (Å²) in [6.45, 7) is 2.73. The standard InChI is InChI=1S/C22H24O3/c1-2-3-4-5-11-16-24-22-20(23)18-14-9-10-15-19(18)25-21(22)17-12-7-6-8-13-17/h6-10,12-15H,2-5,11,16H2,1H3. The normalized spacial score (nSPS) is 10.9.